The van der Waals surface area contributed by atoms with E-state index < -0.39 is 0 Å². The fourth-order valence-corrected chi connectivity index (χ4v) is 3.64. The van der Waals surface area contributed by atoms with Crippen molar-refractivity contribution >= 4 is 11.4 Å². The number of likely N-dealkylation sites (N-methyl/N-ethyl adjacent to an activating group) is 1. The summed E-state index contributed by atoms with van der Waals surface area (Å²) in [6.45, 7) is 1.46. The average molecular weight is 396 g/mol. The zero-order valence-electron chi connectivity index (χ0n) is 16.3. The predicted molar refractivity (Wildman–Crippen MR) is 109 cm³/mol. The normalized spacial score (nSPS) is 17.2. The number of nitrogens with one attached hydrogen (secondary N) is 1. The van der Waals surface area contributed by atoms with Crippen LogP contribution in [0.4, 0.5) is 11.4 Å². The molecule has 0 saturated carbocycles. The smallest absolute Gasteiger partial charge is 0.231 e. The molecule has 0 aliphatic carbocycles. The Morgan fingerprint density at radius 2 is 2.24 bits per heavy atom. The lowest BCUT2D eigenvalue weighted by molar-refractivity contribution is 0.171. The van der Waals surface area contributed by atoms with Crippen molar-refractivity contribution in [2.75, 3.05) is 44.6 Å². The molecule has 0 unspecified atom stereocenters. The molecule has 2 heterocycles. The molecular formula is C21H22N3O5-. The van der Waals surface area contributed by atoms with Gasteiger partial charge in [0.25, 0.3) is 0 Å². The molecule has 8 nitrogen and oxygen atoms in total. The maximum atomic E-state index is 11.0. The van der Waals surface area contributed by atoms with E-state index in [2.05, 4.69) is 22.1 Å². The van der Waals surface area contributed by atoms with Gasteiger partial charge in [0.2, 0.25) is 12.5 Å². The van der Waals surface area contributed by atoms with Crippen LogP contribution >= 0.6 is 0 Å². The van der Waals surface area contributed by atoms with Crippen molar-refractivity contribution in [2.24, 2.45) is 0 Å². The third-order valence-electron chi connectivity index (χ3n) is 5.08. The molecule has 2 aliphatic rings. The molecule has 0 amide bonds. The molecule has 0 spiro atoms. The molecular weight excluding hydrogens is 374 g/mol. The summed E-state index contributed by atoms with van der Waals surface area (Å²) in [6, 6.07) is 8.46. The number of methoxy groups -OCH3 is 1. The first kappa shape index (κ1) is 19.2. The van der Waals surface area contributed by atoms with Gasteiger partial charge in [-0.25, -0.2) is 0 Å². The van der Waals surface area contributed by atoms with E-state index in [9.17, 15) is 5.21 Å². The summed E-state index contributed by atoms with van der Waals surface area (Å²) in [7, 11) is 3.67. The largest absolute Gasteiger partial charge is 0.733 e. The third-order valence-corrected chi connectivity index (χ3v) is 5.08. The highest BCUT2D eigenvalue weighted by atomic mass is 16.8. The van der Waals surface area contributed by atoms with Crippen molar-refractivity contribution in [3.05, 3.63) is 46.7 Å². The molecule has 0 aromatic heterocycles. The van der Waals surface area contributed by atoms with Gasteiger partial charge in [-0.2, -0.15) is 0 Å². The molecule has 0 saturated heterocycles. The highest BCUT2D eigenvalue weighted by molar-refractivity contribution is 5.63. The van der Waals surface area contributed by atoms with Crippen molar-refractivity contribution in [3.8, 4) is 29.1 Å². The van der Waals surface area contributed by atoms with Gasteiger partial charge in [-0.1, -0.05) is 17.9 Å². The summed E-state index contributed by atoms with van der Waals surface area (Å²) in [5.41, 5.74) is 3.03. The Hall–Kier alpha value is -3.12. The zero-order valence-corrected chi connectivity index (χ0v) is 16.3. The van der Waals surface area contributed by atoms with Gasteiger partial charge in [-0.05, 0) is 43.3 Å². The van der Waals surface area contributed by atoms with Crippen LogP contribution in [-0.4, -0.2) is 44.1 Å². The molecule has 2 N–H and O–H groups in total. The van der Waals surface area contributed by atoms with E-state index in [1.165, 1.54) is 6.07 Å². The average Bonchev–Trinajstić information content (AvgIpc) is 3.19. The lowest BCUT2D eigenvalue weighted by atomic mass is 9.91. The summed E-state index contributed by atoms with van der Waals surface area (Å²) in [4.78, 5) is 2.18. The second kappa shape index (κ2) is 8.09. The maximum absolute atomic E-state index is 11.0. The molecule has 4 rings (SSSR count). The first-order chi connectivity index (χ1) is 14.1. The lowest BCUT2D eigenvalue weighted by Crippen LogP contribution is -2.31. The van der Waals surface area contributed by atoms with Gasteiger partial charge in [0.15, 0.2) is 11.5 Å². The molecule has 2 aromatic rings. The van der Waals surface area contributed by atoms with E-state index in [4.69, 9.17) is 19.4 Å². The van der Waals surface area contributed by atoms with Crippen LogP contribution in [0.15, 0.2) is 30.3 Å². The van der Waals surface area contributed by atoms with Crippen LogP contribution in [0.25, 0.3) is 0 Å². The van der Waals surface area contributed by atoms with Crippen molar-refractivity contribution in [1.82, 2.24) is 4.90 Å². The number of hydrogen-bond donors (Lipinski definition) is 2. The number of rotatable bonds is 4. The lowest BCUT2D eigenvalue weighted by Gasteiger charge is -2.32. The first-order valence-electron chi connectivity index (χ1n) is 9.26. The van der Waals surface area contributed by atoms with Crippen LogP contribution in [-0.2, 0) is 6.42 Å². The molecule has 1 atom stereocenters. The molecule has 2 aromatic carbocycles. The number of nitrogens with zero attached hydrogens (tertiary/aromatic N) is 2. The van der Waals surface area contributed by atoms with E-state index in [1.54, 1.807) is 25.3 Å². The predicted octanol–water partition coefficient (Wildman–Crippen LogP) is 2.76. The van der Waals surface area contributed by atoms with E-state index >= 15 is 0 Å². The van der Waals surface area contributed by atoms with Crippen LogP contribution in [0.1, 0.15) is 17.2 Å². The van der Waals surface area contributed by atoms with Gasteiger partial charge in [-0.15, -0.1) is 0 Å². The first-order valence-corrected chi connectivity index (χ1v) is 9.26. The summed E-state index contributed by atoms with van der Waals surface area (Å²) in [6.07, 6.45) is 0.884. The number of fused-ring (bicyclic) bond motifs is 2. The van der Waals surface area contributed by atoms with Crippen LogP contribution in [0.2, 0.25) is 0 Å². The second-order valence-electron chi connectivity index (χ2n) is 6.85. The number of anilines is 2. The fraction of sp³-hybridized carbons (Fsp3) is 0.333. The Kier molecular flexibility index (Phi) is 5.36. The van der Waals surface area contributed by atoms with Crippen LogP contribution in [0.3, 0.4) is 0 Å². The van der Waals surface area contributed by atoms with E-state index in [1.807, 2.05) is 13.1 Å². The maximum Gasteiger partial charge on any atom is 0.231 e. The van der Waals surface area contributed by atoms with Crippen molar-refractivity contribution in [3.63, 3.8) is 0 Å². The quantitative estimate of drug-likeness (QED) is 0.602. The second-order valence-corrected chi connectivity index (χ2v) is 6.85. The standard InChI is InChI=1S/C21H22N3O5/c1-23-10-8-14-11-18-20(29-13-28-18)21(27-2)19(14)17(23)7-4-9-22-15-5-3-6-16(12-15)24(25)26/h3,5-6,11-12,17,22,25H,8-10,13H2,1-2H3/q-1/t17-/m1/s1. The summed E-state index contributed by atoms with van der Waals surface area (Å²) in [5, 5.41) is 23.0. The van der Waals surface area contributed by atoms with Gasteiger partial charge in [-0.3, -0.25) is 10.1 Å². The van der Waals surface area contributed by atoms with Gasteiger partial charge >= 0.3 is 0 Å². The third kappa shape index (κ3) is 3.76. The Labute approximate surface area is 169 Å². The molecule has 2 aliphatic heterocycles. The SMILES string of the molecule is COc1c2c(cc3c1[C@@H](C#CCNc1cccc(N([O-])O)c1)N(C)CC3)OCO2. The van der Waals surface area contributed by atoms with E-state index in [0.717, 1.165) is 29.8 Å². The van der Waals surface area contributed by atoms with Crippen LogP contribution < -0.4 is 24.8 Å². The molecule has 0 bridgehead atoms. The molecule has 0 radical (unpaired) electrons. The molecule has 0 fully saturated rings. The van der Waals surface area contributed by atoms with Gasteiger partial charge < -0.3 is 30.0 Å². The Morgan fingerprint density at radius 1 is 1.38 bits per heavy atom. The van der Waals surface area contributed by atoms with Crippen molar-refractivity contribution in [2.45, 2.75) is 12.5 Å². The van der Waals surface area contributed by atoms with E-state index in [0.29, 0.717) is 23.7 Å². The number of hydrogen-bond acceptors (Lipinski definition) is 8. The van der Waals surface area contributed by atoms with Gasteiger partial charge in [0, 0.05) is 17.8 Å². The monoisotopic (exact) mass is 396 g/mol. The minimum Gasteiger partial charge on any atom is -0.733 e. The molecule has 8 heteroatoms. The van der Waals surface area contributed by atoms with E-state index in [-0.39, 0.29) is 23.7 Å². The minimum absolute atomic E-state index is 0.133. The number of benzene rings is 2. The van der Waals surface area contributed by atoms with Gasteiger partial charge in [0.05, 0.1) is 19.3 Å². The summed E-state index contributed by atoms with van der Waals surface area (Å²) in [5.74, 6) is 8.51. The fourth-order valence-electron chi connectivity index (χ4n) is 3.64. The topological polar surface area (TPSA) is 89.5 Å². The van der Waals surface area contributed by atoms with Crippen LogP contribution in [0.5, 0.6) is 17.2 Å². The minimum atomic E-state index is -0.165. The van der Waals surface area contributed by atoms with Crippen molar-refractivity contribution in [1.29, 1.82) is 0 Å². The summed E-state index contributed by atoms with van der Waals surface area (Å²) >= 11 is 0. The zero-order chi connectivity index (χ0) is 20.4. The Morgan fingerprint density at radius 3 is 3.03 bits per heavy atom. The van der Waals surface area contributed by atoms with Crippen molar-refractivity contribution < 1.29 is 19.4 Å². The Balaban J connectivity index is 1.56. The van der Waals surface area contributed by atoms with Crippen LogP contribution in [0, 0.1) is 17.0 Å². The Bertz CT molecular complexity index is 967. The molecule has 152 valence electrons. The van der Waals surface area contributed by atoms with Gasteiger partial charge in [0.1, 0.15) is 6.04 Å². The highest BCUT2D eigenvalue weighted by Crippen LogP contribution is 2.49. The highest BCUT2D eigenvalue weighted by Gasteiger charge is 2.33. The number of ether oxygens (including phenoxy) is 3. The molecule has 29 heavy (non-hydrogen) atoms. The summed E-state index contributed by atoms with van der Waals surface area (Å²) < 4.78 is 16.8.